The van der Waals surface area contributed by atoms with E-state index in [1.54, 1.807) is 0 Å². The molecular formula is C25H24F7N5O2. The Kier molecular flexibility index (Phi) is 7.87. The van der Waals surface area contributed by atoms with E-state index >= 15 is 0 Å². The lowest BCUT2D eigenvalue weighted by Crippen LogP contribution is -2.45. The fourth-order valence-electron chi connectivity index (χ4n) is 4.84. The summed E-state index contributed by atoms with van der Waals surface area (Å²) in [4.78, 5) is 30.5. The van der Waals surface area contributed by atoms with Crippen molar-refractivity contribution in [3.63, 3.8) is 0 Å². The minimum absolute atomic E-state index is 0.0399. The second-order valence-corrected chi connectivity index (χ2v) is 9.52. The van der Waals surface area contributed by atoms with Crippen molar-refractivity contribution < 1.29 is 35.5 Å². The first kappa shape index (κ1) is 28.3. The van der Waals surface area contributed by atoms with Crippen molar-refractivity contribution in [2.75, 3.05) is 20.1 Å². The standard InChI is InChI=1S/C25H24F7N5O2/c1-36(11-14-8-16(24(27,28)29)10-17(9-14)25(30,31)32)22(38)19-6-7-37(13-21-33-23(39)35-34-21)12-20(19)15-2-4-18(26)5-3-15/h2-5,8-10,19-20H,6-7,11-13H2,1H3,(H2,33,34,35,39). The number of benzene rings is 2. The molecule has 0 saturated carbocycles. The molecule has 1 aromatic heterocycles. The van der Waals surface area contributed by atoms with E-state index in [4.69, 9.17) is 0 Å². The van der Waals surface area contributed by atoms with Crippen LogP contribution >= 0.6 is 0 Å². The van der Waals surface area contributed by atoms with E-state index in [0.717, 1.165) is 4.90 Å². The lowest BCUT2D eigenvalue weighted by Gasteiger charge is -2.39. The van der Waals surface area contributed by atoms with Crippen molar-refractivity contribution in [1.29, 1.82) is 0 Å². The summed E-state index contributed by atoms with van der Waals surface area (Å²) in [6.45, 7) is 0.499. The van der Waals surface area contributed by atoms with Crippen molar-refractivity contribution in [2.45, 2.75) is 37.8 Å². The SMILES string of the molecule is CN(Cc1cc(C(F)(F)F)cc(C(F)(F)F)c1)C(=O)C1CCN(Cc2n[nH]c(=O)[nH]2)CC1c1ccc(F)cc1. The minimum atomic E-state index is -5.00. The van der Waals surface area contributed by atoms with E-state index in [9.17, 15) is 40.3 Å². The molecule has 2 aromatic carbocycles. The third kappa shape index (κ3) is 6.85. The number of alkyl halides is 6. The molecule has 2 atom stereocenters. The van der Waals surface area contributed by atoms with Gasteiger partial charge >= 0.3 is 18.0 Å². The molecule has 2 heterocycles. The van der Waals surface area contributed by atoms with Gasteiger partial charge in [-0.05, 0) is 54.4 Å². The van der Waals surface area contributed by atoms with Gasteiger partial charge in [-0.3, -0.25) is 14.7 Å². The molecular weight excluding hydrogens is 535 g/mol. The summed E-state index contributed by atoms with van der Waals surface area (Å²) in [5.41, 5.74) is -3.06. The Morgan fingerprint density at radius 2 is 1.67 bits per heavy atom. The van der Waals surface area contributed by atoms with Crippen LogP contribution in [0.5, 0.6) is 0 Å². The van der Waals surface area contributed by atoms with Crippen LogP contribution in [0, 0.1) is 11.7 Å². The van der Waals surface area contributed by atoms with Crippen LogP contribution in [0.15, 0.2) is 47.3 Å². The number of aromatic nitrogens is 3. The number of amides is 1. The lowest BCUT2D eigenvalue weighted by molar-refractivity contribution is -0.143. The van der Waals surface area contributed by atoms with Gasteiger partial charge in [-0.15, -0.1) is 0 Å². The Labute approximate surface area is 217 Å². The summed E-state index contributed by atoms with van der Waals surface area (Å²) in [5.74, 6) is -1.71. The highest BCUT2D eigenvalue weighted by atomic mass is 19.4. The zero-order chi connectivity index (χ0) is 28.5. The lowest BCUT2D eigenvalue weighted by atomic mass is 9.79. The fourth-order valence-corrected chi connectivity index (χ4v) is 4.84. The molecule has 1 amide bonds. The fraction of sp³-hybridized carbons (Fsp3) is 0.400. The molecule has 1 aliphatic rings. The van der Waals surface area contributed by atoms with Gasteiger partial charge in [0.25, 0.3) is 0 Å². The van der Waals surface area contributed by atoms with Gasteiger partial charge in [0, 0.05) is 32.0 Å². The van der Waals surface area contributed by atoms with Gasteiger partial charge in [-0.1, -0.05) is 12.1 Å². The number of halogens is 7. The van der Waals surface area contributed by atoms with Crippen LogP contribution in [0.3, 0.4) is 0 Å². The predicted octanol–water partition coefficient (Wildman–Crippen LogP) is 4.54. The van der Waals surface area contributed by atoms with Gasteiger partial charge in [0.05, 0.1) is 17.7 Å². The number of likely N-dealkylation sites (tertiary alicyclic amines) is 1. The number of carbonyl (C=O) groups excluding carboxylic acids is 1. The maximum absolute atomic E-state index is 13.6. The van der Waals surface area contributed by atoms with Crippen molar-refractivity contribution in [2.24, 2.45) is 5.92 Å². The molecule has 0 spiro atoms. The summed E-state index contributed by atoms with van der Waals surface area (Å²) in [5, 5.41) is 6.15. The largest absolute Gasteiger partial charge is 0.416 e. The number of hydrogen-bond acceptors (Lipinski definition) is 4. The monoisotopic (exact) mass is 559 g/mol. The zero-order valence-corrected chi connectivity index (χ0v) is 20.5. The molecule has 0 radical (unpaired) electrons. The van der Waals surface area contributed by atoms with E-state index in [1.165, 1.54) is 31.3 Å². The summed E-state index contributed by atoms with van der Waals surface area (Å²) < 4.78 is 93.3. The average Bonchev–Trinajstić information content (AvgIpc) is 3.27. The van der Waals surface area contributed by atoms with Crippen LogP contribution in [0.4, 0.5) is 30.7 Å². The predicted molar refractivity (Wildman–Crippen MR) is 125 cm³/mol. The number of carbonyl (C=O) groups is 1. The van der Waals surface area contributed by atoms with Crippen molar-refractivity contribution in [3.8, 4) is 0 Å². The molecule has 1 saturated heterocycles. The normalized spacial score (nSPS) is 18.8. The molecule has 1 aliphatic heterocycles. The van der Waals surface area contributed by atoms with E-state index < -0.39 is 59.3 Å². The molecule has 7 nitrogen and oxygen atoms in total. The van der Waals surface area contributed by atoms with Crippen LogP contribution in [0.25, 0.3) is 0 Å². The molecule has 39 heavy (non-hydrogen) atoms. The number of piperidine rings is 1. The Morgan fingerprint density at radius 3 is 2.21 bits per heavy atom. The maximum Gasteiger partial charge on any atom is 0.416 e. The molecule has 4 rings (SSSR count). The molecule has 2 unspecified atom stereocenters. The quantitative estimate of drug-likeness (QED) is 0.435. The highest BCUT2D eigenvalue weighted by Crippen LogP contribution is 2.38. The van der Waals surface area contributed by atoms with Crippen LogP contribution < -0.4 is 5.69 Å². The highest BCUT2D eigenvalue weighted by Gasteiger charge is 2.39. The van der Waals surface area contributed by atoms with Crippen molar-refractivity contribution in [3.05, 3.63) is 86.8 Å². The second kappa shape index (κ2) is 10.8. The molecule has 210 valence electrons. The van der Waals surface area contributed by atoms with Gasteiger partial charge in [0.1, 0.15) is 11.6 Å². The van der Waals surface area contributed by atoms with Gasteiger partial charge in [-0.25, -0.2) is 14.3 Å². The van der Waals surface area contributed by atoms with E-state index in [1.807, 2.05) is 4.90 Å². The Hall–Kier alpha value is -3.68. The van der Waals surface area contributed by atoms with Crippen molar-refractivity contribution in [1.82, 2.24) is 25.0 Å². The van der Waals surface area contributed by atoms with Crippen LogP contribution in [0.2, 0.25) is 0 Å². The Bertz CT molecular complexity index is 1330. The summed E-state index contributed by atoms with van der Waals surface area (Å²) in [6, 6.07) is 6.79. The first-order valence-electron chi connectivity index (χ1n) is 11.9. The second-order valence-electron chi connectivity index (χ2n) is 9.52. The number of aromatic amines is 2. The summed E-state index contributed by atoms with van der Waals surface area (Å²) >= 11 is 0. The number of nitrogens with zero attached hydrogens (tertiary/aromatic N) is 3. The number of H-pyrrole nitrogens is 2. The first-order chi connectivity index (χ1) is 18.2. The van der Waals surface area contributed by atoms with Gasteiger partial charge in [-0.2, -0.15) is 31.4 Å². The maximum atomic E-state index is 13.6. The zero-order valence-electron chi connectivity index (χ0n) is 20.5. The number of hydrogen-bond donors (Lipinski definition) is 2. The average molecular weight is 559 g/mol. The topological polar surface area (TPSA) is 85.1 Å². The Morgan fingerprint density at radius 1 is 1.05 bits per heavy atom. The number of nitrogens with one attached hydrogen (secondary N) is 2. The smallest absolute Gasteiger partial charge is 0.341 e. The minimum Gasteiger partial charge on any atom is -0.341 e. The Balaban J connectivity index is 1.57. The molecule has 2 N–H and O–H groups in total. The summed E-state index contributed by atoms with van der Waals surface area (Å²) in [7, 11) is 1.32. The van der Waals surface area contributed by atoms with Gasteiger partial charge < -0.3 is 4.90 Å². The summed E-state index contributed by atoms with van der Waals surface area (Å²) in [6.07, 6.45) is -9.70. The van der Waals surface area contributed by atoms with Gasteiger partial charge in [0.15, 0.2) is 0 Å². The van der Waals surface area contributed by atoms with E-state index in [0.29, 0.717) is 43.0 Å². The molecule has 1 fully saturated rings. The third-order valence-electron chi connectivity index (χ3n) is 6.68. The van der Waals surface area contributed by atoms with Crippen LogP contribution in [0.1, 0.15) is 40.4 Å². The van der Waals surface area contributed by atoms with E-state index in [2.05, 4.69) is 15.2 Å². The molecule has 0 aliphatic carbocycles. The molecule has 0 bridgehead atoms. The van der Waals surface area contributed by atoms with E-state index in [-0.39, 0.29) is 18.2 Å². The number of rotatable bonds is 6. The van der Waals surface area contributed by atoms with Gasteiger partial charge in [0.2, 0.25) is 5.91 Å². The van der Waals surface area contributed by atoms with Crippen LogP contribution in [-0.4, -0.2) is 51.0 Å². The highest BCUT2D eigenvalue weighted by molar-refractivity contribution is 5.80. The molecule has 14 heteroatoms. The van der Waals surface area contributed by atoms with Crippen LogP contribution in [-0.2, 0) is 30.2 Å². The first-order valence-corrected chi connectivity index (χ1v) is 11.9. The van der Waals surface area contributed by atoms with Crippen molar-refractivity contribution >= 4 is 5.91 Å². The molecule has 3 aromatic rings. The third-order valence-corrected chi connectivity index (χ3v) is 6.68.